The van der Waals surface area contributed by atoms with Crippen molar-refractivity contribution in [1.29, 1.82) is 0 Å². The fourth-order valence-electron chi connectivity index (χ4n) is 3.88. The molecule has 2 aliphatic heterocycles. The van der Waals surface area contributed by atoms with Gasteiger partial charge in [-0.15, -0.1) is 0 Å². The normalized spacial score (nSPS) is 21.3. The van der Waals surface area contributed by atoms with Gasteiger partial charge in [0.05, 0.1) is 18.1 Å². The number of benzene rings is 1. The van der Waals surface area contributed by atoms with Gasteiger partial charge in [-0.3, -0.25) is 9.59 Å². The van der Waals surface area contributed by atoms with E-state index >= 15 is 0 Å². The zero-order valence-corrected chi connectivity index (χ0v) is 16.7. The van der Waals surface area contributed by atoms with Crippen molar-refractivity contribution in [3.63, 3.8) is 0 Å². The van der Waals surface area contributed by atoms with E-state index in [1.54, 1.807) is 31.2 Å². The number of esters is 1. The molecule has 2 aliphatic rings. The summed E-state index contributed by atoms with van der Waals surface area (Å²) in [4.78, 5) is 38.7. The summed E-state index contributed by atoms with van der Waals surface area (Å²) in [5, 5.41) is 12.8. The smallest absolute Gasteiger partial charge is 0.355 e. The van der Waals surface area contributed by atoms with Crippen molar-refractivity contribution in [2.75, 3.05) is 13.2 Å². The Kier molecular flexibility index (Phi) is 6.17. The molecule has 0 saturated carbocycles. The van der Waals surface area contributed by atoms with Gasteiger partial charge in [0.15, 0.2) is 0 Å². The fraction of sp³-hybridized carbons (Fsp3) is 0.409. The quantitative estimate of drug-likeness (QED) is 0.396. The van der Waals surface area contributed by atoms with E-state index in [1.165, 1.54) is 11.0 Å². The summed E-state index contributed by atoms with van der Waals surface area (Å²) < 4.78 is 5.19. The molecule has 2 amide bonds. The van der Waals surface area contributed by atoms with Gasteiger partial charge in [-0.1, -0.05) is 31.7 Å². The molecule has 0 aliphatic carbocycles. The van der Waals surface area contributed by atoms with Crippen LogP contribution in [0.25, 0.3) is 5.57 Å². The zero-order valence-electron chi connectivity index (χ0n) is 16.7. The molecule has 2 heterocycles. The second-order valence-electron chi connectivity index (χ2n) is 7.29. The molecular formula is C22H26N2O5. The number of fused-ring (bicyclic) bond motifs is 1. The van der Waals surface area contributed by atoms with Crippen LogP contribution in [-0.4, -0.2) is 53.1 Å². The van der Waals surface area contributed by atoms with Crippen molar-refractivity contribution in [3.05, 3.63) is 53.7 Å². The summed E-state index contributed by atoms with van der Waals surface area (Å²) in [6, 6.07) is 6.67. The number of nitrogens with zero attached hydrogens (tertiary/aromatic N) is 1. The van der Waals surface area contributed by atoms with Crippen molar-refractivity contribution in [3.8, 4) is 0 Å². The zero-order chi connectivity index (χ0) is 21.1. The SMILES string of the molecule is C=CCOC(=O)C1=C(c2ccc(C(=O)NCCC)cc2)C[C@@H]2[C@@H]([C@@H](C)O)C(=O)N12. The van der Waals surface area contributed by atoms with Crippen LogP contribution in [0.5, 0.6) is 0 Å². The number of amides is 2. The molecule has 0 unspecified atom stereocenters. The molecule has 154 valence electrons. The number of nitrogens with one attached hydrogen (secondary N) is 1. The lowest BCUT2D eigenvalue weighted by Gasteiger charge is -2.44. The molecule has 1 aromatic carbocycles. The standard InChI is InChI=1S/C22H26N2O5/c1-4-10-23-20(26)15-8-6-14(7-9-15)16-12-17-18(13(3)25)21(27)24(17)19(16)22(28)29-11-5-2/h5-9,13,17-18,25H,2,4,10-12H2,1,3H3,(H,23,26)/t13-,17-,18-/m1/s1. The van der Waals surface area contributed by atoms with Gasteiger partial charge in [-0.05, 0) is 43.0 Å². The third-order valence-electron chi connectivity index (χ3n) is 5.29. The molecule has 7 nitrogen and oxygen atoms in total. The maximum Gasteiger partial charge on any atom is 0.355 e. The molecule has 1 aromatic rings. The number of carbonyl (C=O) groups is 3. The first kappa shape index (κ1) is 20.8. The number of β-lactam (4-membered cyclic amide) rings is 1. The van der Waals surface area contributed by atoms with Crippen LogP contribution in [0.4, 0.5) is 0 Å². The molecule has 0 bridgehead atoms. The molecule has 3 atom stereocenters. The average Bonchev–Trinajstić information content (AvgIpc) is 3.05. The highest BCUT2D eigenvalue weighted by atomic mass is 16.5. The minimum Gasteiger partial charge on any atom is -0.457 e. The molecule has 7 heteroatoms. The van der Waals surface area contributed by atoms with E-state index in [9.17, 15) is 19.5 Å². The maximum absolute atomic E-state index is 12.6. The highest BCUT2D eigenvalue weighted by Crippen LogP contribution is 2.47. The molecule has 1 saturated heterocycles. The van der Waals surface area contributed by atoms with Gasteiger partial charge in [0.25, 0.3) is 5.91 Å². The van der Waals surface area contributed by atoms with Crippen molar-refractivity contribution < 1.29 is 24.2 Å². The summed E-state index contributed by atoms with van der Waals surface area (Å²) in [7, 11) is 0. The van der Waals surface area contributed by atoms with Crippen LogP contribution in [0.15, 0.2) is 42.6 Å². The molecule has 0 spiro atoms. The monoisotopic (exact) mass is 398 g/mol. The molecule has 29 heavy (non-hydrogen) atoms. The second kappa shape index (κ2) is 8.61. The number of aliphatic hydroxyl groups is 1. The fourth-order valence-corrected chi connectivity index (χ4v) is 3.88. The predicted octanol–water partition coefficient (Wildman–Crippen LogP) is 1.88. The van der Waals surface area contributed by atoms with Gasteiger partial charge >= 0.3 is 5.97 Å². The summed E-state index contributed by atoms with van der Waals surface area (Å²) in [5.41, 5.74) is 2.16. The van der Waals surface area contributed by atoms with E-state index in [2.05, 4.69) is 11.9 Å². The van der Waals surface area contributed by atoms with Crippen molar-refractivity contribution in [1.82, 2.24) is 10.2 Å². The topological polar surface area (TPSA) is 95.9 Å². The minimum atomic E-state index is -0.793. The summed E-state index contributed by atoms with van der Waals surface area (Å²) in [5.74, 6) is -1.56. The van der Waals surface area contributed by atoms with Gasteiger partial charge in [0, 0.05) is 12.1 Å². The first-order valence-electron chi connectivity index (χ1n) is 9.81. The Morgan fingerprint density at radius 1 is 1.38 bits per heavy atom. The Hall–Kier alpha value is -2.93. The van der Waals surface area contributed by atoms with E-state index in [4.69, 9.17) is 4.74 Å². The van der Waals surface area contributed by atoms with Gasteiger partial charge in [0.1, 0.15) is 12.3 Å². The van der Waals surface area contributed by atoms with E-state index in [-0.39, 0.29) is 30.2 Å². The Bertz CT molecular complexity index is 856. The number of rotatable bonds is 8. The van der Waals surface area contributed by atoms with Gasteiger partial charge in [0.2, 0.25) is 5.91 Å². The molecule has 3 rings (SSSR count). The van der Waals surface area contributed by atoms with Crippen molar-refractivity contribution in [2.45, 2.75) is 38.8 Å². The number of aliphatic hydroxyl groups excluding tert-OH is 1. The first-order valence-corrected chi connectivity index (χ1v) is 9.81. The molecule has 0 aromatic heterocycles. The van der Waals surface area contributed by atoms with E-state index in [1.807, 2.05) is 6.92 Å². The summed E-state index contributed by atoms with van der Waals surface area (Å²) in [6.45, 7) is 7.74. The lowest BCUT2D eigenvalue weighted by atomic mass is 9.82. The summed E-state index contributed by atoms with van der Waals surface area (Å²) >= 11 is 0. The maximum atomic E-state index is 12.6. The lowest BCUT2D eigenvalue weighted by Crippen LogP contribution is -2.61. The number of hydrogen-bond donors (Lipinski definition) is 2. The minimum absolute atomic E-state index is 0.0404. The third kappa shape index (κ3) is 3.82. The Morgan fingerprint density at radius 2 is 2.07 bits per heavy atom. The number of ether oxygens (including phenoxy) is 1. The third-order valence-corrected chi connectivity index (χ3v) is 5.29. The number of carbonyl (C=O) groups excluding carboxylic acids is 3. The molecule has 2 N–H and O–H groups in total. The Morgan fingerprint density at radius 3 is 2.66 bits per heavy atom. The van der Waals surface area contributed by atoms with E-state index in [0.29, 0.717) is 24.1 Å². The highest BCUT2D eigenvalue weighted by molar-refractivity contribution is 6.07. The van der Waals surface area contributed by atoms with Crippen LogP contribution in [0.1, 0.15) is 42.6 Å². The highest BCUT2D eigenvalue weighted by Gasteiger charge is 2.57. The largest absolute Gasteiger partial charge is 0.457 e. The predicted molar refractivity (Wildman–Crippen MR) is 108 cm³/mol. The van der Waals surface area contributed by atoms with Gasteiger partial charge in [-0.2, -0.15) is 0 Å². The Labute approximate surface area is 170 Å². The van der Waals surface area contributed by atoms with Crippen molar-refractivity contribution in [2.24, 2.45) is 5.92 Å². The lowest BCUT2D eigenvalue weighted by molar-refractivity contribution is -0.162. The van der Waals surface area contributed by atoms with Crippen LogP contribution < -0.4 is 5.32 Å². The van der Waals surface area contributed by atoms with Crippen LogP contribution in [0, 0.1) is 5.92 Å². The van der Waals surface area contributed by atoms with Crippen LogP contribution in [0.3, 0.4) is 0 Å². The summed E-state index contributed by atoms with van der Waals surface area (Å²) in [6.07, 6.45) is 1.97. The van der Waals surface area contributed by atoms with Crippen molar-refractivity contribution >= 4 is 23.4 Å². The van der Waals surface area contributed by atoms with Crippen LogP contribution in [0.2, 0.25) is 0 Å². The van der Waals surface area contributed by atoms with E-state index < -0.39 is 18.0 Å². The Balaban J connectivity index is 1.91. The van der Waals surface area contributed by atoms with Crippen LogP contribution in [-0.2, 0) is 14.3 Å². The second-order valence-corrected chi connectivity index (χ2v) is 7.29. The van der Waals surface area contributed by atoms with Crippen LogP contribution >= 0.6 is 0 Å². The molecular weight excluding hydrogens is 372 g/mol. The number of hydrogen-bond acceptors (Lipinski definition) is 5. The first-order chi connectivity index (χ1) is 13.9. The molecule has 0 radical (unpaired) electrons. The van der Waals surface area contributed by atoms with E-state index in [0.717, 1.165) is 12.0 Å². The molecule has 1 fully saturated rings. The van der Waals surface area contributed by atoms with Gasteiger partial charge < -0.3 is 20.1 Å². The average molecular weight is 398 g/mol. The van der Waals surface area contributed by atoms with Gasteiger partial charge in [-0.25, -0.2) is 4.79 Å².